The van der Waals surface area contributed by atoms with E-state index >= 15 is 0 Å². The number of aromatic nitrogens is 3. The molecule has 3 heterocycles. The maximum atomic E-state index is 10.8. The van der Waals surface area contributed by atoms with Gasteiger partial charge in [-0.15, -0.1) is 5.10 Å². The molecule has 2 aromatic heterocycles. The highest BCUT2D eigenvalue weighted by atomic mass is 35.5. The molecule has 0 aliphatic carbocycles. The van der Waals surface area contributed by atoms with Gasteiger partial charge in [-0.05, 0) is 19.1 Å². The van der Waals surface area contributed by atoms with Crippen LogP contribution in [0.25, 0.3) is 4.96 Å². The summed E-state index contributed by atoms with van der Waals surface area (Å²) < 4.78 is 1.53. The number of nitrogens with zero attached hydrogens (tertiary/aromatic N) is 3. The number of aliphatic hydroxyl groups is 1. The second-order valence-corrected chi connectivity index (χ2v) is 8.46. The average Bonchev–Trinajstić information content (AvgIpc) is 3.16. The third kappa shape index (κ3) is 3.68. The first kappa shape index (κ1) is 18.6. The zero-order valence-electron chi connectivity index (χ0n) is 15.2. The average molecular weight is 410 g/mol. The summed E-state index contributed by atoms with van der Waals surface area (Å²) in [5.74, 6) is 0.827. The molecule has 4 rings (SSSR count). The van der Waals surface area contributed by atoms with Crippen LogP contribution in [0.4, 0.5) is 0 Å². The van der Waals surface area contributed by atoms with Crippen molar-refractivity contribution < 1.29 is 20.0 Å². The fourth-order valence-corrected chi connectivity index (χ4v) is 5.20. The number of quaternary nitrogens is 2. The van der Waals surface area contributed by atoms with Crippen LogP contribution < -0.4 is 9.80 Å². The minimum absolute atomic E-state index is 0.00625. The normalized spacial score (nSPS) is 21.6. The lowest BCUT2D eigenvalue weighted by atomic mass is 10.0. The summed E-state index contributed by atoms with van der Waals surface area (Å²) in [7, 11) is 0. The molecule has 9 heteroatoms. The topological polar surface area (TPSA) is 79.5 Å². The van der Waals surface area contributed by atoms with Crippen molar-refractivity contribution in [2.75, 3.05) is 39.3 Å². The highest BCUT2D eigenvalue weighted by molar-refractivity contribution is 7.17. The van der Waals surface area contributed by atoms with E-state index < -0.39 is 0 Å². The van der Waals surface area contributed by atoms with Crippen LogP contribution in [0.3, 0.4) is 0 Å². The number of halogens is 1. The smallest absolute Gasteiger partial charge is 0.235 e. The number of nitrogens with one attached hydrogen (secondary N) is 2. The Bertz CT molecular complexity index is 918. The molecule has 27 heavy (non-hydrogen) atoms. The summed E-state index contributed by atoms with van der Waals surface area (Å²) in [5.41, 5.74) is 1.12. The molecule has 1 aliphatic rings. The minimum Gasteiger partial charge on any atom is -0.492 e. The number of aromatic hydroxyl groups is 1. The van der Waals surface area contributed by atoms with Crippen molar-refractivity contribution in [1.29, 1.82) is 0 Å². The summed E-state index contributed by atoms with van der Waals surface area (Å²) in [4.78, 5) is 8.84. The van der Waals surface area contributed by atoms with Crippen molar-refractivity contribution in [3.05, 3.63) is 45.6 Å². The van der Waals surface area contributed by atoms with Crippen LogP contribution in [0.15, 0.2) is 24.3 Å². The Morgan fingerprint density at radius 2 is 1.93 bits per heavy atom. The van der Waals surface area contributed by atoms with Gasteiger partial charge in [0.25, 0.3) is 0 Å². The largest absolute Gasteiger partial charge is 0.492 e. The zero-order valence-corrected chi connectivity index (χ0v) is 16.7. The van der Waals surface area contributed by atoms with E-state index in [0.29, 0.717) is 15.8 Å². The fraction of sp³-hybridized carbons (Fsp3) is 0.444. The standard InChI is InChI=1S/C18H22ClN5O2S/c1-12-20-18-24(21-12)17(26)16(27-18)15(13-2-4-14(19)5-3-13)23-8-6-22(7-9-23)10-11-25/h2-5,15,25-26H,6-11H2,1H3/p+2/t15-/m1/s1. The summed E-state index contributed by atoms with van der Waals surface area (Å²) in [6.45, 7) is 6.77. The molecule has 4 N–H and O–H groups in total. The lowest BCUT2D eigenvalue weighted by molar-refractivity contribution is -1.02. The maximum absolute atomic E-state index is 10.8. The van der Waals surface area contributed by atoms with Gasteiger partial charge in [-0.25, -0.2) is 4.98 Å². The van der Waals surface area contributed by atoms with Crippen LogP contribution in [-0.2, 0) is 0 Å². The van der Waals surface area contributed by atoms with Gasteiger partial charge in [0.05, 0.1) is 6.61 Å². The molecule has 0 bridgehead atoms. The van der Waals surface area contributed by atoms with Crippen LogP contribution in [0.1, 0.15) is 22.3 Å². The zero-order chi connectivity index (χ0) is 19.0. The van der Waals surface area contributed by atoms with Gasteiger partial charge in [-0.2, -0.15) is 4.52 Å². The van der Waals surface area contributed by atoms with E-state index in [-0.39, 0.29) is 18.5 Å². The summed E-state index contributed by atoms with van der Waals surface area (Å²) in [6.07, 6.45) is 0. The molecular formula is C18H24ClN5O2S+2. The third-order valence-electron chi connectivity index (χ3n) is 5.24. The van der Waals surface area contributed by atoms with Crippen molar-refractivity contribution in [1.82, 2.24) is 14.6 Å². The molecule has 0 amide bonds. The molecule has 0 radical (unpaired) electrons. The van der Waals surface area contributed by atoms with Crippen LogP contribution in [0.5, 0.6) is 5.88 Å². The van der Waals surface area contributed by atoms with Crippen LogP contribution in [-0.4, -0.2) is 64.1 Å². The van der Waals surface area contributed by atoms with Gasteiger partial charge in [0, 0.05) is 10.6 Å². The van der Waals surface area contributed by atoms with E-state index in [9.17, 15) is 10.2 Å². The quantitative estimate of drug-likeness (QED) is 0.450. The number of rotatable bonds is 5. The molecule has 0 saturated carbocycles. The number of fused-ring (bicyclic) bond motifs is 1. The predicted octanol–water partition coefficient (Wildman–Crippen LogP) is -0.677. The van der Waals surface area contributed by atoms with Gasteiger partial charge in [0.1, 0.15) is 43.4 Å². The van der Waals surface area contributed by atoms with E-state index in [2.05, 4.69) is 10.1 Å². The number of hydrogen-bond donors (Lipinski definition) is 4. The molecule has 1 fully saturated rings. The lowest BCUT2D eigenvalue weighted by Crippen LogP contribution is -3.28. The Morgan fingerprint density at radius 3 is 2.56 bits per heavy atom. The maximum Gasteiger partial charge on any atom is 0.235 e. The monoisotopic (exact) mass is 409 g/mol. The van der Waals surface area contributed by atoms with Gasteiger partial charge in [-0.3, -0.25) is 0 Å². The minimum atomic E-state index is 0.00625. The number of aliphatic hydroxyl groups excluding tert-OH is 1. The van der Waals surface area contributed by atoms with Gasteiger partial charge < -0.3 is 20.0 Å². The highest BCUT2D eigenvalue weighted by Gasteiger charge is 2.36. The molecule has 144 valence electrons. The van der Waals surface area contributed by atoms with E-state index in [0.717, 1.165) is 43.2 Å². The van der Waals surface area contributed by atoms with Gasteiger partial charge in [0.15, 0.2) is 6.04 Å². The molecule has 7 nitrogen and oxygen atoms in total. The number of aryl methyl sites for hydroxylation is 1. The molecule has 0 unspecified atom stereocenters. The van der Waals surface area contributed by atoms with Crippen molar-refractivity contribution in [2.45, 2.75) is 13.0 Å². The molecule has 1 atom stereocenters. The van der Waals surface area contributed by atoms with Crippen LogP contribution in [0.2, 0.25) is 5.02 Å². The number of thiazole rings is 1. The number of hydrogen-bond acceptors (Lipinski definition) is 5. The molecule has 1 aromatic carbocycles. The molecule has 3 aromatic rings. The summed E-state index contributed by atoms with van der Waals surface area (Å²) >= 11 is 7.59. The fourth-order valence-electron chi connectivity index (χ4n) is 3.89. The Morgan fingerprint density at radius 1 is 1.22 bits per heavy atom. The van der Waals surface area contributed by atoms with Gasteiger partial charge >= 0.3 is 0 Å². The van der Waals surface area contributed by atoms with Gasteiger partial charge in [-0.1, -0.05) is 35.1 Å². The van der Waals surface area contributed by atoms with Crippen molar-refractivity contribution in [2.24, 2.45) is 0 Å². The Hall–Kier alpha value is -1.71. The molecule has 0 spiro atoms. The Balaban J connectivity index is 1.70. The van der Waals surface area contributed by atoms with Crippen LogP contribution in [0, 0.1) is 6.92 Å². The first-order chi connectivity index (χ1) is 13.1. The lowest BCUT2D eigenvalue weighted by Gasteiger charge is -2.34. The highest BCUT2D eigenvalue weighted by Crippen LogP contribution is 2.35. The van der Waals surface area contributed by atoms with E-state index in [1.165, 1.54) is 25.7 Å². The van der Waals surface area contributed by atoms with E-state index in [1.807, 2.05) is 31.2 Å². The summed E-state index contributed by atoms with van der Waals surface area (Å²) in [6, 6.07) is 7.87. The van der Waals surface area contributed by atoms with Crippen molar-refractivity contribution in [3.63, 3.8) is 0 Å². The second kappa shape index (κ2) is 7.73. The Labute approximate surface area is 166 Å². The molecular weight excluding hydrogens is 386 g/mol. The first-order valence-electron chi connectivity index (χ1n) is 9.16. The predicted molar refractivity (Wildman–Crippen MR) is 104 cm³/mol. The number of benzene rings is 1. The SMILES string of the molecule is Cc1nc2sc([C@@H](c3ccc(Cl)cc3)[NH+]3CC[NH+](CCO)CC3)c(O)n2n1. The summed E-state index contributed by atoms with van der Waals surface area (Å²) in [5, 5.41) is 25.1. The molecule has 1 saturated heterocycles. The number of piperazine rings is 1. The van der Waals surface area contributed by atoms with Crippen molar-refractivity contribution >= 4 is 27.9 Å². The first-order valence-corrected chi connectivity index (χ1v) is 10.4. The van der Waals surface area contributed by atoms with Gasteiger partial charge in [0.2, 0.25) is 10.8 Å². The Kier molecular flexibility index (Phi) is 5.34. The van der Waals surface area contributed by atoms with E-state index in [1.54, 1.807) is 0 Å². The second-order valence-electron chi connectivity index (χ2n) is 7.01. The third-order valence-corrected chi connectivity index (χ3v) is 6.58. The van der Waals surface area contributed by atoms with Crippen LogP contribution >= 0.6 is 22.9 Å². The molecule has 1 aliphatic heterocycles. The van der Waals surface area contributed by atoms with Crippen molar-refractivity contribution in [3.8, 4) is 5.88 Å². The van der Waals surface area contributed by atoms with E-state index in [4.69, 9.17) is 11.6 Å².